The van der Waals surface area contributed by atoms with E-state index in [4.69, 9.17) is 33.8 Å². The highest BCUT2D eigenvalue weighted by molar-refractivity contribution is 7.89. The standard InChI is InChI=1S/C32H33Cl2N5O4S.2ClH/c1-20-17-21(2)38-31-24(20)5-3-7-28(31)43-19-25-26(33)12-13-29(30(25)34)44(41,42)39-16-4-6-27(39)32(40)36-15-14-22-8-10-23(11-9-22)18-37-35;;/h3,5,7-13,17-18,27H,4,6,14-16,19,35H2,1-2H3,(H,36,40);2*1H/t27-;;/m0../s1. The van der Waals surface area contributed by atoms with Gasteiger partial charge in [-0.25, -0.2) is 13.4 Å². The lowest BCUT2D eigenvalue weighted by Gasteiger charge is -2.24. The number of ether oxygens (including phenoxy) is 1. The number of hydrogen-bond acceptors (Lipinski definition) is 7. The van der Waals surface area contributed by atoms with Crippen LogP contribution in [0.5, 0.6) is 5.75 Å². The van der Waals surface area contributed by atoms with Gasteiger partial charge in [0.05, 0.1) is 11.2 Å². The third-order valence-corrected chi connectivity index (χ3v) is 10.5. The average Bonchev–Trinajstić information content (AvgIpc) is 3.50. The molecule has 2 heterocycles. The van der Waals surface area contributed by atoms with Crippen molar-refractivity contribution in [2.45, 2.75) is 50.7 Å². The van der Waals surface area contributed by atoms with Crippen molar-refractivity contribution >= 4 is 81.1 Å². The van der Waals surface area contributed by atoms with Gasteiger partial charge in [-0.2, -0.15) is 9.41 Å². The first-order valence-corrected chi connectivity index (χ1v) is 16.4. The normalized spacial score (nSPS) is 15.0. The molecule has 0 radical (unpaired) electrons. The third-order valence-electron chi connectivity index (χ3n) is 7.67. The minimum absolute atomic E-state index is 0. The summed E-state index contributed by atoms with van der Waals surface area (Å²) in [5, 5.41) is 7.59. The lowest BCUT2D eigenvalue weighted by atomic mass is 10.1. The van der Waals surface area contributed by atoms with Crippen LogP contribution >= 0.6 is 48.0 Å². The van der Waals surface area contributed by atoms with Crippen LogP contribution in [0.4, 0.5) is 0 Å². The monoisotopic (exact) mass is 725 g/mol. The summed E-state index contributed by atoms with van der Waals surface area (Å²) < 4.78 is 35.1. The fourth-order valence-corrected chi connectivity index (χ4v) is 7.97. The van der Waals surface area contributed by atoms with Crippen molar-refractivity contribution in [1.29, 1.82) is 0 Å². The molecule has 0 bridgehead atoms. The van der Waals surface area contributed by atoms with Crippen molar-refractivity contribution in [3.8, 4) is 5.75 Å². The molecular formula is C32H35Cl4N5O4S. The van der Waals surface area contributed by atoms with Gasteiger partial charge in [0.25, 0.3) is 0 Å². The fraction of sp³-hybridized carbons (Fsp3) is 0.281. The zero-order chi connectivity index (χ0) is 31.4. The number of pyridine rings is 1. The first kappa shape index (κ1) is 37.3. The number of amides is 1. The van der Waals surface area contributed by atoms with Gasteiger partial charge in [-0.3, -0.25) is 4.79 Å². The van der Waals surface area contributed by atoms with Crippen LogP contribution < -0.4 is 15.9 Å². The molecule has 3 aromatic carbocycles. The number of rotatable bonds is 10. The number of sulfonamides is 1. The van der Waals surface area contributed by atoms with Gasteiger partial charge in [0.1, 0.15) is 28.8 Å². The minimum Gasteiger partial charge on any atom is -0.487 e. The van der Waals surface area contributed by atoms with Crippen molar-refractivity contribution in [3.63, 3.8) is 0 Å². The zero-order valence-electron chi connectivity index (χ0n) is 25.2. The number of hydrazone groups is 1. The molecule has 1 aromatic heterocycles. The third kappa shape index (κ3) is 8.05. The number of aromatic nitrogens is 1. The summed E-state index contributed by atoms with van der Waals surface area (Å²) in [4.78, 5) is 17.7. The van der Waals surface area contributed by atoms with Gasteiger partial charge in [0, 0.05) is 34.8 Å². The van der Waals surface area contributed by atoms with Gasteiger partial charge in [-0.1, -0.05) is 59.6 Å². The van der Waals surface area contributed by atoms with Gasteiger partial charge in [0.2, 0.25) is 15.9 Å². The van der Waals surface area contributed by atoms with E-state index in [-0.39, 0.29) is 58.8 Å². The molecule has 4 aromatic rings. The van der Waals surface area contributed by atoms with Gasteiger partial charge in [-0.15, -0.1) is 24.8 Å². The topological polar surface area (TPSA) is 127 Å². The number of aryl methyl sites for hydroxylation is 2. The first-order valence-electron chi connectivity index (χ1n) is 14.2. The molecule has 0 spiro atoms. The molecule has 1 aliphatic rings. The highest BCUT2D eigenvalue weighted by Gasteiger charge is 2.40. The Kier molecular flexibility index (Phi) is 13.1. The Morgan fingerprint density at radius 3 is 2.59 bits per heavy atom. The second-order valence-electron chi connectivity index (χ2n) is 10.7. The Hall–Kier alpha value is -3.12. The molecule has 1 amide bonds. The molecule has 9 nitrogen and oxygen atoms in total. The Morgan fingerprint density at radius 2 is 1.87 bits per heavy atom. The van der Waals surface area contributed by atoms with E-state index in [0.29, 0.717) is 42.6 Å². The molecule has 246 valence electrons. The van der Waals surface area contributed by atoms with Crippen LogP contribution in [0.1, 0.15) is 40.8 Å². The molecule has 1 saturated heterocycles. The van der Waals surface area contributed by atoms with E-state index < -0.39 is 16.1 Å². The van der Waals surface area contributed by atoms with Crippen LogP contribution in [0, 0.1) is 13.8 Å². The lowest BCUT2D eigenvalue weighted by molar-refractivity contribution is -0.124. The zero-order valence-corrected chi connectivity index (χ0v) is 29.2. The molecule has 1 aliphatic heterocycles. The van der Waals surface area contributed by atoms with Crippen LogP contribution in [-0.2, 0) is 27.8 Å². The summed E-state index contributed by atoms with van der Waals surface area (Å²) in [6.07, 6.45) is 3.10. The molecule has 0 aliphatic carbocycles. The van der Waals surface area contributed by atoms with Crippen LogP contribution in [0.2, 0.25) is 10.0 Å². The molecule has 5 rings (SSSR count). The van der Waals surface area contributed by atoms with E-state index in [1.807, 2.05) is 56.3 Å². The largest absolute Gasteiger partial charge is 0.487 e. The van der Waals surface area contributed by atoms with Crippen molar-refractivity contribution in [1.82, 2.24) is 14.6 Å². The number of nitrogens with zero attached hydrogens (tertiary/aromatic N) is 3. The summed E-state index contributed by atoms with van der Waals surface area (Å²) >= 11 is 13.2. The molecular weight excluding hydrogens is 692 g/mol. The minimum atomic E-state index is -4.13. The Bertz CT molecular complexity index is 1840. The van der Waals surface area contributed by atoms with Crippen molar-refractivity contribution < 1.29 is 17.9 Å². The fourth-order valence-electron chi connectivity index (χ4n) is 5.45. The molecule has 0 unspecified atom stereocenters. The summed E-state index contributed by atoms with van der Waals surface area (Å²) in [6.45, 7) is 4.41. The van der Waals surface area contributed by atoms with Crippen molar-refractivity contribution in [2.24, 2.45) is 10.9 Å². The van der Waals surface area contributed by atoms with Crippen LogP contribution in [0.15, 0.2) is 70.7 Å². The van der Waals surface area contributed by atoms with Gasteiger partial charge >= 0.3 is 0 Å². The average molecular weight is 728 g/mol. The Labute approximate surface area is 291 Å². The maximum Gasteiger partial charge on any atom is 0.245 e. The lowest BCUT2D eigenvalue weighted by Crippen LogP contribution is -2.46. The van der Waals surface area contributed by atoms with E-state index in [2.05, 4.69) is 15.4 Å². The van der Waals surface area contributed by atoms with Gasteiger partial charge in [-0.05, 0) is 74.1 Å². The van der Waals surface area contributed by atoms with Crippen molar-refractivity contribution in [3.05, 3.63) is 98.7 Å². The van der Waals surface area contributed by atoms with E-state index in [1.165, 1.54) is 16.4 Å². The number of benzene rings is 3. The van der Waals surface area contributed by atoms with Crippen LogP contribution in [-0.4, -0.2) is 49.0 Å². The number of para-hydroxylation sites is 1. The van der Waals surface area contributed by atoms with E-state index in [1.54, 1.807) is 12.3 Å². The Balaban J connectivity index is 0.00000288. The van der Waals surface area contributed by atoms with Gasteiger partial charge in [0.15, 0.2) is 0 Å². The molecule has 1 atom stereocenters. The second kappa shape index (κ2) is 16.1. The summed E-state index contributed by atoms with van der Waals surface area (Å²) in [6, 6.07) is 17.3. The smallest absolute Gasteiger partial charge is 0.245 e. The maximum atomic E-state index is 13.9. The number of hydrogen-bond donors (Lipinski definition) is 2. The van der Waals surface area contributed by atoms with Crippen molar-refractivity contribution in [2.75, 3.05) is 13.1 Å². The number of nitrogens with one attached hydrogen (secondary N) is 1. The predicted octanol–water partition coefficient (Wildman–Crippen LogP) is 6.39. The predicted molar refractivity (Wildman–Crippen MR) is 188 cm³/mol. The molecule has 3 N–H and O–H groups in total. The SMILES string of the molecule is Cc1cc(C)c2cccc(OCc3c(Cl)ccc(S(=O)(=O)N4CCC[C@H]4C(=O)NCCc4ccc(C=NN)cc4)c3Cl)c2n1.Cl.Cl. The van der Waals surface area contributed by atoms with Crippen LogP contribution in [0.3, 0.4) is 0 Å². The number of carbonyl (C=O) groups is 1. The number of nitrogens with two attached hydrogens (primary N) is 1. The molecule has 0 saturated carbocycles. The maximum absolute atomic E-state index is 13.9. The number of carbonyl (C=O) groups excluding carboxylic acids is 1. The van der Waals surface area contributed by atoms with Gasteiger partial charge < -0.3 is 15.9 Å². The summed E-state index contributed by atoms with van der Waals surface area (Å²) in [7, 11) is -4.13. The number of halogens is 4. The van der Waals surface area contributed by atoms with Crippen LogP contribution in [0.25, 0.3) is 10.9 Å². The molecule has 46 heavy (non-hydrogen) atoms. The molecule has 14 heteroatoms. The quantitative estimate of drug-likeness (QED) is 0.111. The molecule has 1 fully saturated rings. The van der Waals surface area contributed by atoms with E-state index >= 15 is 0 Å². The summed E-state index contributed by atoms with van der Waals surface area (Å²) in [5.74, 6) is 5.37. The van der Waals surface area contributed by atoms with E-state index in [0.717, 1.165) is 27.8 Å². The second-order valence-corrected chi connectivity index (χ2v) is 13.3. The Morgan fingerprint density at radius 1 is 1.13 bits per heavy atom. The highest BCUT2D eigenvalue weighted by atomic mass is 35.5. The van der Waals surface area contributed by atoms with E-state index in [9.17, 15) is 13.2 Å². The first-order chi connectivity index (χ1) is 21.1. The number of fused-ring (bicyclic) bond motifs is 1. The highest BCUT2D eigenvalue weighted by Crippen LogP contribution is 2.36. The summed E-state index contributed by atoms with van der Waals surface area (Å²) in [5.41, 5.74) is 4.84.